The lowest BCUT2D eigenvalue weighted by molar-refractivity contribution is 0.194. The van der Waals surface area contributed by atoms with E-state index < -0.39 is 6.10 Å². The van der Waals surface area contributed by atoms with Gasteiger partial charge < -0.3 is 15.5 Å². The zero-order valence-corrected chi connectivity index (χ0v) is 6.91. The van der Waals surface area contributed by atoms with Crippen LogP contribution in [0.4, 0.5) is 5.82 Å². The molecular weight excluding hydrogens is 158 g/mol. The van der Waals surface area contributed by atoms with Gasteiger partial charge in [0.15, 0.2) is 0 Å². The summed E-state index contributed by atoms with van der Waals surface area (Å²) >= 11 is 0. The van der Waals surface area contributed by atoms with Gasteiger partial charge in [-0.3, -0.25) is 5.10 Å². The normalized spacial score (nSPS) is 12.9. The van der Waals surface area contributed by atoms with Crippen molar-refractivity contribution in [2.24, 2.45) is 0 Å². The number of nitrogens with one attached hydrogen (secondary N) is 2. The maximum Gasteiger partial charge on any atom is 0.148 e. The molecule has 1 heterocycles. The summed E-state index contributed by atoms with van der Waals surface area (Å²) in [7, 11) is 0. The first kappa shape index (κ1) is 9.02. The Morgan fingerprint density at radius 3 is 3.00 bits per heavy atom. The average molecular weight is 171 g/mol. The van der Waals surface area contributed by atoms with Crippen molar-refractivity contribution in [1.82, 2.24) is 10.2 Å². The van der Waals surface area contributed by atoms with Gasteiger partial charge in [0.1, 0.15) is 5.82 Å². The van der Waals surface area contributed by atoms with Crippen molar-refractivity contribution in [3.05, 3.63) is 11.8 Å². The Bertz CT molecular complexity index is 234. The molecule has 1 aromatic rings. The largest absolute Gasteiger partial charge is 0.395 e. The smallest absolute Gasteiger partial charge is 0.148 e. The standard InChI is InChI=1S/C7H13N3O2/c1-5(12)6-4-7(10-9-6)8-2-3-11/h4-5,11-12H,2-3H2,1H3,(H2,8,9,10). The molecule has 4 N–H and O–H groups in total. The summed E-state index contributed by atoms with van der Waals surface area (Å²) < 4.78 is 0. The van der Waals surface area contributed by atoms with Crippen LogP contribution in [0.3, 0.4) is 0 Å². The molecule has 5 nitrogen and oxygen atoms in total. The van der Waals surface area contributed by atoms with Crippen molar-refractivity contribution in [2.45, 2.75) is 13.0 Å². The van der Waals surface area contributed by atoms with Crippen molar-refractivity contribution in [1.29, 1.82) is 0 Å². The van der Waals surface area contributed by atoms with Gasteiger partial charge in [0.05, 0.1) is 18.4 Å². The van der Waals surface area contributed by atoms with Crippen LogP contribution < -0.4 is 5.32 Å². The Labute approximate surface area is 70.4 Å². The van der Waals surface area contributed by atoms with Crippen LogP contribution in [0.2, 0.25) is 0 Å². The van der Waals surface area contributed by atoms with Crippen molar-refractivity contribution in [3.8, 4) is 0 Å². The third-order valence-corrected chi connectivity index (χ3v) is 1.47. The molecule has 0 fully saturated rings. The number of hydrogen-bond donors (Lipinski definition) is 4. The summed E-state index contributed by atoms with van der Waals surface area (Å²) in [5, 5.41) is 27.0. The molecule has 0 amide bonds. The van der Waals surface area contributed by atoms with E-state index in [-0.39, 0.29) is 6.61 Å². The fourth-order valence-corrected chi connectivity index (χ4v) is 0.825. The van der Waals surface area contributed by atoms with Gasteiger partial charge in [-0.05, 0) is 6.92 Å². The Hall–Kier alpha value is -1.07. The minimum Gasteiger partial charge on any atom is -0.395 e. The van der Waals surface area contributed by atoms with Gasteiger partial charge in [-0.25, -0.2) is 0 Å². The molecule has 12 heavy (non-hydrogen) atoms. The number of H-pyrrole nitrogens is 1. The number of nitrogens with zero attached hydrogens (tertiary/aromatic N) is 1. The van der Waals surface area contributed by atoms with E-state index >= 15 is 0 Å². The Balaban J connectivity index is 2.52. The van der Waals surface area contributed by atoms with Crippen LogP contribution in [0.15, 0.2) is 6.07 Å². The Morgan fingerprint density at radius 2 is 2.50 bits per heavy atom. The quantitative estimate of drug-likeness (QED) is 0.508. The fourth-order valence-electron chi connectivity index (χ4n) is 0.825. The molecule has 0 saturated heterocycles. The average Bonchev–Trinajstić information content (AvgIpc) is 2.48. The van der Waals surface area contributed by atoms with E-state index in [0.717, 1.165) is 0 Å². The molecule has 1 unspecified atom stereocenters. The first-order valence-corrected chi connectivity index (χ1v) is 3.82. The van der Waals surface area contributed by atoms with Gasteiger partial charge in [0, 0.05) is 12.6 Å². The van der Waals surface area contributed by atoms with Gasteiger partial charge in [0.25, 0.3) is 0 Å². The monoisotopic (exact) mass is 171 g/mol. The molecule has 1 atom stereocenters. The molecule has 1 rings (SSSR count). The molecule has 0 radical (unpaired) electrons. The van der Waals surface area contributed by atoms with Gasteiger partial charge in [0.2, 0.25) is 0 Å². The Morgan fingerprint density at radius 1 is 1.75 bits per heavy atom. The van der Waals surface area contributed by atoms with E-state index in [2.05, 4.69) is 15.5 Å². The zero-order chi connectivity index (χ0) is 8.97. The lowest BCUT2D eigenvalue weighted by atomic mass is 10.3. The SMILES string of the molecule is CC(O)c1cc(NCCO)n[nH]1. The summed E-state index contributed by atoms with van der Waals surface area (Å²) in [5.74, 6) is 0.639. The van der Waals surface area contributed by atoms with Gasteiger partial charge in [-0.1, -0.05) is 0 Å². The molecule has 68 valence electrons. The molecule has 0 bridgehead atoms. The molecule has 1 aromatic heterocycles. The minimum atomic E-state index is -0.540. The fraction of sp³-hybridized carbons (Fsp3) is 0.571. The number of aliphatic hydroxyl groups excluding tert-OH is 2. The zero-order valence-electron chi connectivity index (χ0n) is 6.91. The summed E-state index contributed by atoms with van der Waals surface area (Å²) in [5.41, 5.74) is 0.662. The van der Waals surface area contributed by atoms with Crippen LogP contribution in [-0.2, 0) is 0 Å². The molecule has 0 spiro atoms. The summed E-state index contributed by atoms with van der Waals surface area (Å²) in [6, 6.07) is 1.71. The van der Waals surface area contributed by atoms with Crippen LogP contribution in [0.1, 0.15) is 18.7 Å². The van der Waals surface area contributed by atoms with Crippen LogP contribution in [0.25, 0.3) is 0 Å². The molecule has 0 aliphatic heterocycles. The second-order valence-corrected chi connectivity index (χ2v) is 2.53. The summed E-state index contributed by atoms with van der Waals surface area (Å²) in [4.78, 5) is 0. The highest BCUT2D eigenvalue weighted by Gasteiger charge is 2.04. The molecule has 5 heteroatoms. The van der Waals surface area contributed by atoms with Crippen molar-refractivity contribution < 1.29 is 10.2 Å². The van der Waals surface area contributed by atoms with E-state index in [4.69, 9.17) is 10.2 Å². The summed E-state index contributed by atoms with van der Waals surface area (Å²) in [6.45, 7) is 2.18. The lowest BCUT2D eigenvalue weighted by Crippen LogP contribution is -2.05. The number of hydrogen-bond acceptors (Lipinski definition) is 4. The second-order valence-electron chi connectivity index (χ2n) is 2.53. The van der Waals surface area contributed by atoms with Crippen LogP contribution in [0.5, 0.6) is 0 Å². The number of aromatic amines is 1. The maximum atomic E-state index is 9.11. The van der Waals surface area contributed by atoms with Gasteiger partial charge in [-0.2, -0.15) is 5.10 Å². The first-order chi connectivity index (χ1) is 5.74. The van der Waals surface area contributed by atoms with Crippen LogP contribution in [-0.4, -0.2) is 33.6 Å². The highest BCUT2D eigenvalue weighted by molar-refractivity contribution is 5.35. The number of aromatic nitrogens is 2. The first-order valence-electron chi connectivity index (χ1n) is 3.82. The highest BCUT2D eigenvalue weighted by atomic mass is 16.3. The molecule has 0 aromatic carbocycles. The third kappa shape index (κ3) is 2.21. The number of aliphatic hydroxyl groups is 2. The summed E-state index contributed by atoms with van der Waals surface area (Å²) in [6.07, 6.45) is -0.540. The highest BCUT2D eigenvalue weighted by Crippen LogP contribution is 2.12. The molecule has 0 aliphatic rings. The predicted molar refractivity (Wildman–Crippen MR) is 44.8 cm³/mol. The van der Waals surface area contributed by atoms with Crippen molar-refractivity contribution >= 4 is 5.82 Å². The van der Waals surface area contributed by atoms with E-state index in [1.165, 1.54) is 0 Å². The predicted octanol–water partition coefficient (Wildman–Crippen LogP) is -0.133. The van der Waals surface area contributed by atoms with Crippen molar-refractivity contribution in [2.75, 3.05) is 18.5 Å². The maximum absolute atomic E-state index is 9.11. The van der Waals surface area contributed by atoms with Crippen LogP contribution >= 0.6 is 0 Å². The second kappa shape index (κ2) is 4.08. The lowest BCUT2D eigenvalue weighted by Gasteiger charge is -1.97. The van der Waals surface area contributed by atoms with E-state index in [1.807, 2.05) is 0 Å². The van der Waals surface area contributed by atoms with E-state index in [0.29, 0.717) is 18.1 Å². The Kier molecular flexibility index (Phi) is 3.07. The minimum absolute atomic E-state index is 0.0663. The number of anilines is 1. The molecule has 0 saturated carbocycles. The van der Waals surface area contributed by atoms with Gasteiger partial charge in [-0.15, -0.1) is 0 Å². The third-order valence-electron chi connectivity index (χ3n) is 1.47. The number of rotatable bonds is 4. The molecular formula is C7H13N3O2. The molecule has 0 aliphatic carbocycles. The van der Waals surface area contributed by atoms with Gasteiger partial charge >= 0.3 is 0 Å². The van der Waals surface area contributed by atoms with E-state index in [1.54, 1.807) is 13.0 Å². The topological polar surface area (TPSA) is 81.2 Å². The van der Waals surface area contributed by atoms with Crippen LogP contribution in [0, 0.1) is 0 Å². The van der Waals surface area contributed by atoms with E-state index in [9.17, 15) is 0 Å². The van der Waals surface area contributed by atoms with Crippen molar-refractivity contribution in [3.63, 3.8) is 0 Å².